The van der Waals surface area contributed by atoms with Gasteiger partial charge < -0.3 is 15.4 Å². The molecule has 0 saturated heterocycles. The average molecular weight is 293 g/mol. The van der Waals surface area contributed by atoms with Crippen molar-refractivity contribution in [2.45, 2.75) is 26.3 Å². The SMILES string of the molecule is CCCNc1ncnc(NC(C)c2nccs2)c1OC. The lowest BCUT2D eigenvalue weighted by molar-refractivity contribution is 0.414. The van der Waals surface area contributed by atoms with Crippen LogP contribution >= 0.6 is 11.3 Å². The van der Waals surface area contributed by atoms with Gasteiger partial charge in [-0.15, -0.1) is 11.3 Å². The molecule has 0 bridgehead atoms. The minimum atomic E-state index is 0.0674. The van der Waals surface area contributed by atoms with Crippen LogP contribution in [0.1, 0.15) is 31.3 Å². The summed E-state index contributed by atoms with van der Waals surface area (Å²) in [6, 6.07) is 0.0674. The van der Waals surface area contributed by atoms with Gasteiger partial charge in [-0.25, -0.2) is 15.0 Å². The maximum atomic E-state index is 5.42. The molecule has 2 N–H and O–H groups in total. The standard InChI is InChI=1S/C13H19N5OS/c1-4-5-14-11-10(19-3)12(17-8-16-11)18-9(2)13-15-6-7-20-13/h6-9H,4-5H2,1-3H3,(H2,14,16,17,18). The summed E-state index contributed by atoms with van der Waals surface area (Å²) in [4.78, 5) is 12.8. The predicted octanol–water partition coefficient (Wildman–Crippen LogP) is 2.94. The summed E-state index contributed by atoms with van der Waals surface area (Å²) in [5, 5.41) is 9.51. The van der Waals surface area contributed by atoms with Crippen molar-refractivity contribution in [3.8, 4) is 5.75 Å². The van der Waals surface area contributed by atoms with Crippen molar-refractivity contribution in [3.63, 3.8) is 0 Å². The highest BCUT2D eigenvalue weighted by molar-refractivity contribution is 7.09. The molecular weight excluding hydrogens is 274 g/mol. The third kappa shape index (κ3) is 3.36. The summed E-state index contributed by atoms with van der Waals surface area (Å²) < 4.78 is 5.42. The van der Waals surface area contributed by atoms with Gasteiger partial charge in [0.2, 0.25) is 5.75 Å². The number of aromatic nitrogens is 3. The van der Waals surface area contributed by atoms with Gasteiger partial charge in [0.15, 0.2) is 11.6 Å². The van der Waals surface area contributed by atoms with Gasteiger partial charge in [-0.2, -0.15) is 0 Å². The molecule has 2 aromatic rings. The minimum Gasteiger partial charge on any atom is -0.490 e. The van der Waals surface area contributed by atoms with E-state index in [2.05, 4.69) is 32.5 Å². The molecule has 0 aliphatic heterocycles. The molecule has 0 radical (unpaired) electrons. The molecule has 6 nitrogen and oxygen atoms in total. The Bertz CT molecular complexity index is 532. The molecule has 1 unspecified atom stereocenters. The summed E-state index contributed by atoms with van der Waals surface area (Å²) in [5.74, 6) is 2.01. The van der Waals surface area contributed by atoms with Crippen molar-refractivity contribution in [2.24, 2.45) is 0 Å². The van der Waals surface area contributed by atoms with E-state index in [4.69, 9.17) is 4.74 Å². The lowest BCUT2D eigenvalue weighted by atomic mass is 10.3. The van der Waals surface area contributed by atoms with Crippen LogP contribution in [-0.4, -0.2) is 28.6 Å². The first kappa shape index (κ1) is 14.5. The van der Waals surface area contributed by atoms with Crippen molar-refractivity contribution < 1.29 is 4.74 Å². The Labute approximate surface area is 122 Å². The number of thiazole rings is 1. The molecule has 0 spiro atoms. The van der Waals surface area contributed by atoms with Crippen LogP contribution in [0.4, 0.5) is 11.6 Å². The maximum absolute atomic E-state index is 5.42. The zero-order valence-corrected chi connectivity index (χ0v) is 12.7. The molecule has 2 heterocycles. The Hall–Kier alpha value is -1.89. The summed E-state index contributed by atoms with van der Waals surface area (Å²) in [7, 11) is 1.62. The van der Waals surface area contributed by atoms with Crippen molar-refractivity contribution in [1.82, 2.24) is 15.0 Å². The highest BCUT2D eigenvalue weighted by Crippen LogP contribution is 2.31. The van der Waals surface area contributed by atoms with Gasteiger partial charge in [0, 0.05) is 18.1 Å². The number of nitrogens with zero attached hydrogens (tertiary/aromatic N) is 3. The van der Waals surface area contributed by atoms with Crippen molar-refractivity contribution in [2.75, 3.05) is 24.3 Å². The number of hydrogen-bond donors (Lipinski definition) is 2. The fourth-order valence-electron chi connectivity index (χ4n) is 1.75. The fourth-order valence-corrected chi connectivity index (χ4v) is 2.40. The third-order valence-corrected chi connectivity index (χ3v) is 3.68. The first-order valence-electron chi connectivity index (χ1n) is 6.55. The van der Waals surface area contributed by atoms with Crippen molar-refractivity contribution in [1.29, 1.82) is 0 Å². The summed E-state index contributed by atoms with van der Waals surface area (Å²) >= 11 is 1.61. The molecule has 20 heavy (non-hydrogen) atoms. The molecule has 2 aromatic heterocycles. The van der Waals surface area contributed by atoms with Crippen molar-refractivity contribution in [3.05, 3.63) is 22.9 Å². The molecule has 1 atom stereocenters. The number of rotatable bonds is 7. The summed E-state index contributed by atoms with van der Waals surface area (Å²) in [6.07, 6.45) is 4.34. The maximum Gasteiger partial charge on any atom is 0.204 e. The predicted molar refractivity (Wildman–Crippen MR) is 81.5 cm³/mol. The number of anilines is 2. The molecule has 108 valence electrons. The van der Waals surface area contributed by atoms with Crippen LogP contribution in [0.15, 0.2) is 17.9 Å². The zero-order valence-electron chi connectivity index (χ0n) is 11.9. The largest absolute Gasteiger partial charge is 0.490 e. The van der Waals surface area contributed by atoms with Gasteiger partial charge in [-0.3, -0.25) is 0 Å². The molecule has 0 fully saturated rings. The van der Waals surface area contributed by atoms with Gasteiger partial charge in [0.25, 0.3) is 0 Å². The molecule has 2 rings (SSSR count). The minimum absolute atomic E-state index is 0.0674. The Kier molecular flexibility index (Phi) is 5.11. The van der Waals surface area contributed by atoms with E-state index in [1.807, 2.05) is 12.3 Å². The zero-order chi connectivity index (χ0) is 14.4. The Balaban J connectivity index is 2.18. The quantitative estimate of drug-likeness (QED) is 0.818. The molecule has 0 aromatic carbocycles. The average Bonchev–Trinajstić information content (AvgIpc) is 2.99. The van der Waals surface area contributed by atoms with Crippen molar-refractivity contribution >= 4 is 23.0 Å². The van der Waals surface area contributed by atoms with Gasteiger partial charge in [-0.05, 0) is 13.3 Å². The van der Waals surface area contributed by atoms with Crippen LogP contribution in [-0.2, 0) is 0 Å². The van der Waals surface area contributed by atoms with E-state index in [0.29, 0.717) is 17.4 Å². The lowest BCUT2D eigenvalue weighted by Crippen LogP contribution is -2.11. The van der Waals surface area contributed by atoms with Crippen LogP contribution in [0.2, 0.25) is 0 Å². The van der Waals surface area contributed by atoms with E-state index in [1.54, 1.807) is 24.6 Å². The second-order valence-corrected chi connectivity index (χ2v) is 5.19. The second kappa shape index (κ2) is 7.04. The van der Waals surface area contributed by atoms with Crippen LogP contribution in [0.25, 0.3) is 0 Å². The Morgan fingerprint density at radius 2 is 2.10 bits per heavy atom. The molecular formula is C13H19N5OS. The fraction of sp³-hybridized carbons (Fsp3) is 0.462. The highest BCUT2D eigenvalue weighted by atomic mass is 32.1. The monoisotopic (exact) mass is 293 g/mol. The Morgan fingerprint density at radius 3 is 2.75 bits per heavy atom. The Morgan fingerprint density at radius 1 is 1.30 bits per heavy atom. The van der Waals surface area contributed by atoms with E-state index in [-0.39, 0.29) is 6.04 Å². The van der Waals surface area contributed by atoms with Gasteiger partial charge in [0.05, 0.1) is 13.2 Å². The number of ether oxygens (including phenoxy) is 1. The van der Waals surface area contributed by atoms with E-state index in [9.17, 15) is 0 Å². The second-order valence-electron chi connectivity index (χ2n) is 4.27. The van der Waals surface area contributed by atoms with Crippen LogP contribution in [0.3, 0.4) is 0 Å². The third-order valence-electron chi connectivity index (χ3n) is 2.73. The smallest absolute Gasteiger partial charge is 0.204 e. The molecule has 0 aliphatic rings. The first-order chi connectivity index (χ1) is 9.76. The number of methoxy groups -OCH3 is 1. The van der Waals surface area contributed by atoms with Crippen LogP contribution in [0.5, 0.6) is 5.75 Å². The van der Waals surface area contributed by atoms with Gasteiger partial charge >= 0.3 is 0 Å². The lowest BCUT2D eigenvalue weighted by Gasteiger charge is -2.16. The number of nitrogens with one attached hydrogen (secondary N) is 2. The molecule has 0 saturated carbocycles. The summed E-state index contributed by atoms with van der Waals surface area (Å²) in [6.45, 7) is 4.98. The topological polar surface area (TPSA) is 72.0 Å². The van der Waals surface area contributed by atoms with E-state index in [0.717, 1.165) is 18.0 Å². The van der Waals surface area contributed by atoms with Gasteiger partial charge in [-0.1, -0.05) is 6.92 Å². The highest BCUT2D eigenvalue weighted by Gasteiger charge is 2.15. The van der Waals surface area contributed by atoms with Gasteiger partial charge in [0.1, 0.15) is 11.3 Å². The van der Waals surface area contributed by atoms with E-state index >= 15 is 0 Å². The summed E-state index contributed by atoms with van der Waals surface area (Å²) in [5.41, 5.74) is 0. The molecule has 7 heteroatoms. The van der Waals surface area contributed by atoms with Crippen LogP contribution < -0.4 is 15.4 Å². The first-order valence-corrected chi connectivity index (χ1v) is 7.43. The molecule has 0 amide bonds. The van der Waals surface area contributed by atoms with E-state index in [1.165, 1.54) is 6.33 Å². The van der Waals surface area contributed by atoms with Crippen LogP contribution in [0, 0.1) is 0 Å². The normalized spacial score (nSPS) is 11.9. The molecule has 0 aliphatic carbocycles. The van der Waals surface area contributed by atoms with E-state index < -0.39 is 0 Å². The number of hydrogen-bond acceptors (Lipinski definition) is 7.